The quantitative estimate of drug-likeness (QED) is 0.160. The molecule has 0 aliphatic rings. The van der Waals surface area contributed by atoms with Crippen molar-refractivity contribution in [1.29, 1.82) is 0 Å². The van der Waals surface area contributed by atoms with Gasteiger partial charge in [-0.05, 0) is 89.0 Å². The predicted octanol–water partition coefficient (Wildman–Crippen LogP) is 16.0. The summed E-state index contributed by atoms with van der Waals surface area (Å²) in [6.07, 6.45) is 0. The Labute approximate surface area is 390 Å². The minimum atomic E-state index is 0.791. The number of furan rings is 1. The highest BCUT2D eigenvalue weighted by Gasteiger charge is 2.23. The second kappa shape index (κ2) is 15.2. The van der Waals surface area contributed by atoms with Crippen LogP contribution < -0.4 is 0 Å². The molecule has 4 aromatic heterocycles. The van der Waals surface area contributed by atoms with Gasteiger partial charge in [0.2, 0.25) is 0 Å². The lowest BCUT2D eigenvalue weighted by Crippen LogP contribution is -2.01. The molecule has 0 saturated heterocycles. The number of benzene rings is 10. The molecule has 4 heterocycles. The molecule has 0 saturated carbocycles. The molecule has 14 aromatic rings. The van der Waals surface area contributed by atoms with Crippen LogP contribution in [0.15, 0.2) is 241 Å². The van der Waals surface area contributed by atoms with Crippen LogP contribution in [-0.4, -0.2) is 23.9 Å². The van der Waals surface area contributed by atoms with Crippen molar-refractivity contribution in [1.82, 2.24) is 23.9 Å². The van der Waals surface area contributed by atoms with Gasteiger partial charge in [-0.2, -0.15) is 0 Å². The maximum Gasteiger partial charge on any atom is 0.168 e. The molecule has 0 N–H and O–H groups in total. The molecule has 6 nitrogen and oxygen atoms in total. The van der Waals surface area contributed by atoms with Crippen LogP contribution in [0, 0.1) is 0 Å². The summed E-state index contributed by atoms with van der Waals surface area (Å²) in [6, 6.07) is 84.0. The minimum absolute atomic E-state index is 0.791. The highest BCUT2D eigenvalue weighted by Crippen LogP contribution is 2.43. The van der Waals surface area contributed by atoms with Crippen LogP contribution in [-0.2, 0) is 0 Å². The Morgan fingerprint density at radius 1 is 0.309 bits per heavy atom. The average Bonchev–Trinajstić information content (AvgIpc) is 4.19. The summed E-state index contributed by atoms with van der Waals surface area (Å²) in [7, 11) is 0. The van der Waals surface area contributed by atoms with Gasteiger partial charge in [0.25, 0.3) is 0 Å². The summed E-state index contributed by atoms with van der Waals surface area (Å²) < 4.78 is 13.6. The Morgan fingerprint density at radius 3 is 1.54 bits per heavy atom. The first-order chi connectivity index (χ1) is 33.8. The molecular formula is C62H39N5O. The minimum Gasteiger partial charge on any atom is -0.455 e. The number of aromatic nitrogens is 5. The number of hydrogen-bond donors (Lipinski definition) is 0. The van der Waals surface area contributed by atoms with Gasteiger partial charge in [0.15, 0.2) is 11.6 Å². The monoisotopic (exact) mass is 869 g/mol. The lowest BCUT2D eigenvalue weighted by molar-refractivity contribution is 0.673. The van der Waals surface area contributed by atoms with Crippen molar-refractivity contribution in [2.24, 2.45) is 0 Å². The highest BCUT2D eigenvalue weighted by atomic mass is 16.3. The smallest absolute Gasteiger partial charge is 0.168 e. The third-order valence-corrected chi connectivity index (χ3v) is 13.6. The van der Waals surface area contributed by atoms with Crippen molar-refractivity contribution >= 4 is 65.6 Å². The Balaban J connectivity index is 0.889. The van der Waals surface area contributed by atoms with Crippen molar-refractivity contribution in [3.05, 3.63) is 237 Å². The van der Waals surface area contributed by atoms with Gasteiger partial charge in [0.05, 0.1) is 33.1 Å². The van der Waals surface area contributed by atoms with Gasteiger partial charge in [-0.3, -0.25) is 4.57 Å². The summed E-state index contributed by atoms with van der Waals surface area (Å²) in [5, 5.41) is 16.5. The molecular weight excluding hydrogens is 831 g/mol. The largest absolute Gasteiger partial charge is 0.455 e. The van der Waals surface area contributed by atoms with Crippen LogP contribution >= 0.6 is 0 Å². The second-order valence-corrected chi connectivity index (χ2v) is 17.4. The third kappa shape index (κ3) is 5.77. The summed E-state index contributed by atoms with van der Waals surface area (Å²) in [5.74, 6) is 1.58. The summed E-state index contributed by atoms with van der Waals surface area (Å²) in [6.45, 7) is 0. The molecule has 10 aromatic carbocycles. The van der Waals surface area contributed by atoms with Gasteiger partial charge in [-0.25, -0.2) is 0 Å². The average molecular weight is 870 g/mol. The van der Waals surface area contributed by atoms with E-state index in [4.69, 9.17) is 14.6 Å². The lowest BCUT2D eigenvalue weighted by atomic mass is 9.94. The van der Waals surface area contributed by atoms with E-state index in [9.17, 15) is 0 Å². The molecule has 0 bridgehead atoms. The maximum atomic E-state index is 6.57. The van der Waals surface area contributed by atoms with Gasteiger partial charge < -0.3 is 13.6 Å². The van der Waals surface area contributed by atoms with Gasteiger partial charge in [-0.15, -0.1) is 10.2 Å². The van der Waals surface area contributed by atoms with Crippen LogP contribution in [0.5, 0.6) is 0 Å². The first-order valence-electron chi connectivity index (χ1n) is 23.0. The molecule has 14 rings (SSSR count). The fourth-order valence-corrected chi connectivity index (χ4v) is 10.6. The fourth-order valence-electron chi connectivity index (χ4n) is 10.6. The van der Waals surface area contributed by atoms with Gasteiger partial charge in [0.1, 0.15) is 11.2 Å². The predicted molar refractivity (Wildman–Crippen MR) is 279 cm³/mol. The molecule has 0 unspecified atom stereocenters. The summed E-state index contributed by atoms with van der Waals surface area (Å²) in [4.78, 5) is 0. The molecule has 6 heteroatoms. The number of rotatable bonds is 7. The van der Waals surface area contributed by atoms with Crippen molar-refractivity contribution in [2.75, 3.05) is 0 Å². The Morgan fingerprint density at radius 2 is 0.838 bits per heavy atom. The van der Waals surface area contributed by atoms with E-state index in [1.165, 1.54) is 10.9 Å². The summed E-state index contributed by atoms with van der Waals surface area (Å²) >= 11 is 0. The third-order valence-electron chi connectivity index (χ3n) is 13.6. The van der Waals surface area contributed by atoms with E-state index < -0.39 is 0 Å². The molecule has 0 aliphatic heterocycles. The second-order valence-electron chi connectivity index (χ2n) is 17.4. The Bertz CT molecular complexity index is 4190. The molecule has 0 aliphatic carbocycles. The molecule has 0 amide bonds. The van der Waals surface area contributed by atoms with E-state index in [1.807, 2.05) is 18.2 Å². The van der Waals surface area contributed by atoms with Crippen LogP contribution in [0.1, 0.15) is 0 Å². The maximum absolute atomic E-state index is 6.57. The number of fused-ring (bicyclic) bond motifs is 10. The number of hydrogen-bond acceptors (Lipinski definition) is 3. The molecule has 318 valence electrons. The fraction of sp³-hybridized carbons (Fsp3) is 0. The normalized spacial score (nSPS) is 11.8. The Hall–Kier alpha value is -9.26. The molecule has 0 atom stereocenters. The zero-order valence-corrected chi connectivity index (χ0v) is 36.7. The van der Waals surface area contributed by atoms with Crippen molar-refractivity contribution in [3.63, 3.8) is 0 Å². The van der Waals surface area contributed by atoms with Gasteiger partial charge in [-0.1, -0.05) is 170 Å². The van der Waals surface area contributed by atoms with E-state index in [0.29, 0.717) is 0 Å². The van der Waals surface area contributed by atoms with E-state index in [1.54, 1.807) is 0 Å². The zero-order valence-electron chi connectivity index (χ0n) is 36.7. The van der Waals surface area contributed by atoms with Crippen LogP contribution in [0.25, 0.3) is 128 Å². The van der Waals surface area contributed by atoms with E-state index in [-0.39, 0.29) is 0 Å². The molecule has 0 spiro atoms. The number of nitrogens with zero attached hydrogens (tertiary/aromatic N) is 5. The molecule has 68 heavy (non-hydrogen) atoms. The van der Waals surface area contributed by atoms with Gasteiger partial charge in [0, 0.05) is 49.4 Å². The SMILES string of the molecule is c1ccc(-c2nnc(-c3ccccc3)n2-c2cccc3c2c2ccccc2n3-c2cccc(-c3ccccc3-c3ccc(-n4c5ccccc5c5c6oc7ccccc7c6ccc54)cc3)c2)cc1. The van der Waals surface area contributed by atoms with Crippen LogP contribution in [0.4, 0.5) is 0 Å². The Kier molecular flexibility index (Phi) is 8.48. The molecule has 0 radical (unpaired) electrons. The first kappa shape index (κ1) is 38.1. The van der Waals surface area contributed by atoms with E-state index in [2.05, 4.69) is 232 Å². The van der Waals surface area contributed by atoms with Crippen molar-refractivity contribution in [3.8, 4) is 62.1 Å². The van der Waals surface area contributed by atoms with Crippen molar-refractivity contribution < 1.29 is 4.42 Å². The lowest BCUT2D eigenvalue weighted by Gasteiger charge is -2.15. The standard InChI is InChI=1S/C62H39N5O/c1-3-17-41(18-4-1)61-63-64-62(42-19-5-2-6-20-42)67(61)55-31-16-30-54-58(55)50-26-9-12-28-52(50)66(54)45-22-15-21-43(39-45)47-24-8-7-23-46(47)40-33-35-44(36-34-40)65-53-29-13-10-27-51(53)59-56(65)38-37-49-48-25-11-14-32-57(48)68-60(49)59/h1-39H. The van der Waals surface area contributed by atoms with E-state index >= 15 is 0 Å². The first-order valence-corrected chi connectivity index (χ1v) is 23.0. The van der Waals surface area contributed by atoms with Gasteiger partial charge >= 0.3 is 0 Å². The van der Waals surface area contributed by atoms with E-state index in [0.717, 1.165) is 117 Å². The van der Waals surface area contributed by atoms with Crippen LogP contribution in [0.2, 0.25) is 0 Å². The van der Waals surface area contributed by atoms with Crippen LogP contribution in [0.3, 0.4) is 0 Å². The summed E-state index contributed by atoms with van der Waals surface area (Å²) in [5.41, 5.74) is 16.1. The number of para-hydroxylation sites is 3. The molecule has 0 fully saturated rings. The highest BCUT2D eigenvalue weighted by molar-refractivity contribution is 6.24. The topological polar surface area (TPSA) is 53.7 Å². The van der Waals surface area contributed by atoms with Crippen molar-refractivity contribution in [2.45, 2.75) is 0 Å². The zero-order chi connectivity index (χ0) is 44.7.